The summed E-state index contributed by atoms with van der Waals surface area (Å²) in [5.41, 5.74) is 3.75. The first-order chi connectivity index (χ1) is 10.2. The van der Waals surface area contributed by atoms with Crippen molar-refractivity contribution in [2.75, 3.05) is 7.11 Å². The van der Waals surface area contributed by atoms with Gasteiger partial charge in [0.2, 0.25) is 0 Å². The van der Waals surface area contributed by atoms with Gasteiger partial charge < -0.3 is 4.74 Å². The smallest absolute Gasteiger partial charge is 0.119 e. The molecular weight excluding hydrogens is 286 g/mol. The number of hydrogen-bond donors (Lipinski definition) is 0. The van der Waals surface area contributed by atoms with Crippen molar-refractivity contribution in [1.82, 2.24) is 15.0 Å². The molecule has 0 fully saturated rings. The first kappa shape index (κ1) is 13.6. The Morgan fingerprint density at radius 3 is 2.81 bits per heavy atom. The fourth-order valence-electron chi connectivity index (χ4n) is 2.13. The van der Waals surface area contributed by atoms with Crippen LogP contribution in [0, 0.1) is 6.92 Å². The van der Waals surface area contributed by atoms with Gasteiger partial charge in [-0.2, -0.15) is 0 Å². The van der Waals surface area contributed by atoms with Crippen LogP contribution in [0.5, 0.6) is 5.75 Å². The molecule has 1 aromatic heterocycles. The first-order valence-corrected chi connectivity index (χ1v) is 6.88. The lowest BCUT2D eigenvalue weighted by molar-refractivity contribution is 0.415. The van der Waals surface area contributed by atoms with Crippen LogP contribution in [-0.4, -0.2) is 22.1 Å². The fraction of sp³-hybridized carbons (Fsp3) is 0.125. The number of rotatable bonds is 3. The monoisotopic (exact) mass is 299 g/mol. The van der Waals surface area contributed by atoms with Gasteiger partial charge in [0.25, 0.3) is 0 Å². The van der Waals surface area contributed by atoms with Gasteiger partial charge in [0, 0.05) is 10.6 Å². The Labute approximate surface area is 127 Å². The predicted molar refractivity (Wildman–Crippen MR) is 83.1 cm³/mol. The SMILES string of the molecule is COc1cccc(-c2cn(-c3cc(Cl)ccc3C)nn2)c1. The molecule has 0 N–H and O–H groups in total. The van der Waals surface area contributed by atoms with Crippen molar-refractivity contribution in [3.05, 3.63) is 59.2 Å². The topological polar surface area (TPSA) is 39.9 Å². The number of aromatic nitrogens is 3. The Balaban J connectivity index is 2.01. The molecule has 3 rings (SSSR count). The molecule has 0 unspecified atom stereocenters. The van der Waals surface area contributed by atoms with Crippen LogP contribution in [0.4, 0.5) is 0 Å². The largest absolute Gasteiger partial charge is 0.497 e. The van der Waals surface area contributed by atoms with E-state index in [1.807, 2.05) is 55.6 Å². The second-order valence-corrected chi connectivity index (χ2v) is 5.15. The van der Waals surface area contributed by atoms with E-state index in [0.29, 0.717) is 5.02 Å². The molecule has 106 valence electrons. The van der Waals surface area contributed by atoms with Gasteiger partial charge in [0.15, 0.2) is 0 Å². The maximum atomic E-state index is 6.05. The Morgan fingerprint density at radius 1 is 1.14 bits per heavy atom. The van der Waals surface area contributed by atoms with Gasteiger partial charge in [-0.15, -0.1) is 5.10 Å². The molecule has 2 aromatic carbocycles. The minimum atomic E-state index is 0.675. The fourth-order valence-corrected chi connectivity index (χ4v) is 2.29. The molecule has 1 heterocycles. The molecule has 0 aliphatic heterocycles. The van der Waals surface area contributed by atoms with E-state index in [1.165, 1.54) is 0 Å². The van der Waals surface area contributed by atoms with Crippen molar-refractivity contribution in [2.45, 2.75) is 6.92 Å². The standard InChI is InChI=1S/C16H14ClN3O/c1-11-6-7-13(17)9-16(11)20-10-15(18-19-20)12-4-3-5-14(8-12)21-2/h3-10H,1-2H3. The van der Waals surface area contributed by atoms with Crippen LogP contribution in [0.2, 0.25) is 5.02 Å². The summed E-state index contributed by atoms with van der Waals surface area (Å²) in [6, 6.07) is 13.4. The summed E-state index contributed by atoms with van der Waals surface area (Å²) >= 11 is 6.05. The van der Waals surface area contributed by atoms with E-state index >= 15 is 0 Å². The first-order valence-electron chi connectivity index (χ1n) is 6.50. The van der Waals surface area contributed by atoms with Gasteiger partial charge >= 0.3 is 0 Å². The molecule has 0 spiro atoms. The van der Waals surface area contributed by atoms with Crippen molar-refractivity contribution < 1.29 is 4.74 Å². The number of benzene rings is 2. The van der Waals surface area contributed by atoms with Gasteiger partial charge in [-0.1, -0.05) is 35.0 Å². The average molecular weight is 300 g/mol. The predicted octanol–water partition coefficient (Wildman–Crippen LogP) is 3.90. The van der Waals surface area contributed by atoms with E-state index in [0.717, 1.165) is 28.3 Å². The van der Waals surface area contributed by atoms with Crippen LogP contribution < -0.4 is 4.74 Å². The Morgan fingerprint density at radius 2 is 2.00 bits per heavy atom. The van der Waals surface area contributed by atoms with Crippen LogP contribution in [0.15, 0.2) is 48.7 Å². The minimum Gasteiger partial charge on any atom is -0.497 e. The molecule has 0 aliphatic rings. The molecule has 0 radical (unpaired) electrons. The van der Waals surface area contributed by atoms with Crippen molar-refractivity contribution >= 4 is 11.6 Å². The van der Waals surface area contributed by atoms with Crippen LogP contribution >= 0.6 is 11.6 Å². The van der Waals surface area contributed by atoms with Crippen LogP contribution in [0.25, 0.3) is 16.9 Å². The highest BCUT2D eigenvalue weighted by atomic mass is 35.5. The number of nitrogens with zero attached hydrogens (tertiary/aromatic N) is 3. The molecule has 0 bridgehead atoms. The molecule has 0 saturated carbocycles. The lowest BCUT2D eigenvalue weighted by atomic mass is 10.1. The molecule has 21 heavy (non-hydrogen) atoms. The van der Waals surface area contributed by atoms with E-state index in [-0.39, 0.29) is 0 Å². The number of methoxy groups -OCH3 is 1. The van der Waals surface area contributed by atoms with E-state index < -0.39 is 0 Å². The van der Waals surface area contributed by atoms with Gasteiger partial charge in [0.05, 0.1) is 19.0 Å². The Bertz CT molecular complexity index is 783. The molecule has 0 atom stereocenters. The number of aryl methyl sites for hydroxylation is 1. The summed E-state index contributed by atoms with van der Waals surface area (Å²) in [7, 11) is 1.64. The van der Waals surface area contributed by atoms with Gasteiger partial charge in [-0.3, -0.25) is 0 Å². The summed E-state index contributed by atoms with van der Waals surface area (Å²) in [6.45, 7) is 2.01. The summed E-state index contributed by atoms with van der Waals surface area (Å²) < 4.78 is 6.96. The normalized spacial score (nSPS) is 10.6. The zero-order chi connectivity index (χ0) is 14.8. The lowest BCUT2D eigenvalue weighted by Crippen LogP contribution is -1.97. The average Bonchev–Trinajstić information content (AvgIpc) is 2.99. The third kappa shape index (κ3) is 2.76. The summed E-state index contributed by atoms with van der Waals surface area (Å²) in [4.78, 5) is 0. The van der Waals surface area contributed by atoms with Crippen molar-refractivity contribution in [3.8, 4) is 22.7 Å². The number of halogens is 1. The van der Waals surface area contributed by atoms with Crippen molar-refractivity contribution in [2.24, 2.45) is 0 Å². The molecular formula is C16H14ClN3O. The van der Waals surface area contributed by atoms with E-state index in [9.17, 15) is 0 Å². The molecule has 0 saturated heterocycles. The van der Waals surface area contributed by atoms with E-state index in [4.69, 9.17) is 16.3 Å². The summed E-state index contributed by atoms with van der Waals surface area (Å²) in [5.74, 6) is 0.793. The Kier molecular flexibility index (Phi) is 3.62. The van der Waals surface area contributed by atoms with Gasteiger partial charge in [-0.25, -0.2) is 4.68 Å². The third-order valence-electron chi connectivity index (χ3n) is 3.28. The second kappa shape index (κ2) is 5.58. The van der Waals surface area contributed by atoms with Crippen LogP contribution in [-0.2, 0) is 0 Å². The van der Waals surface area contributed by atoms with Crippen LogP contribution in [0.3, 0.4) is 0 Å². The maximum Gasteiger partial charge on any atom is 0.119 e. The maximum absolute atomic E-state index is 6.05. The van der Waals surface area contributed by atoms with E-state index in [1.54, 1.807) is 11.8 Å². The Hall–Kier alpha value is -2.33. The zero-order valence-corrected chi connectivity index (χ0v) is 12.5. The van der Waals surface area contributed by atoms with E-state index in [2.05, 4.69) is 10.3 Å². The zero-order valence-electron chi connectivity index (χ0n) is 11.7. The van der Waals surface area contributed by atoms with Crippen LogP contribution in [0.1, 0.15) is 5.56 Å². The van der Waals surface area contributed by atoms with Gasteiger partial charge in [0.1, 0.15) is 11.4 Å². The molecule has 5 heteroatoms. The number of hydrogen-bond acceptors (Lipinski definition) is 3. The quantitative estimate of drug-likeness (QED) is 0.736. The minimum absolute atomic E-state index is 0.675. The molecule has 4 nitrogen and oxygen atoms in total. The van der Waals surface area contributed by atoms with Gasteiger partial charge in [-0.05, 0) is 36.8 Å². The van der Waals surface area contributed by atoms with Crippen molar-refractivity contribution in [1.29, 1.82) is 0 Å². The molecule has 3 aromatic rings. The summed E-state index contributed by atoms with van der Waals surface area (Å²) in [5, 5.41) is 9.09. The number of ether oxygens (including phenoxy) is 1. The third-order valence-corrected chi connectivity index (χ3v) is 3.51. The highest BCUT2D eigenvalue weighted by molar-refractivity contribution is 6.30. The molecule has 0 aliphatic carbocycles. The highest BCUT2D eigenvalue weighted by Crippen LogP contribution is 2.24. The highest BCUT2D eigenvalue weighted by Gasteiger charge is 2.08. The van der Waals surface area contributed by atoms with Crippen molar-refractivity contribution in [3.63, 3.8) is 0 Å². The second-order valence-electron chi connectivity index (χ2n) is 4.71. The lowest BCUT2D eigenvalue weighted by Gasteiger charge is -2.05. The summed E-state index contributed by atoms with van der Waals surface area (Å²) in [6.07, 6.45) is 1.88. The molecule has 0 amide bonds.